The standard InChI is InChI=1S/C28H25NO7/c1-33-23-8-4-5-9-24(23)34-15-14-29-22-7-3-2-6-21(22)28(32,27(29)31)17-20(30)12-10-19-11-13-25-26(16-19)36-18-35-25/h2-13,16,32H,14-15,17-18H2,1H3/b12-10+/t28-/m1/s1. The van der Waals surface area contributed by atoms with Crippen LogP contribution >= 0.6 is 0 Å². The van der Waals surface area contributed by atoms with Crippen molar-refractivity contribution in [3.8, 4) is 23.0 Å². The molecule has 0 spiro atoms. The molecule has 2 heterocycles. The summed E-state index contributed by atoms with van der Waals surface area (Å²) in [6.07, 6.45) is 2.60. The summed E-state index contributed by atoms with van der Waals surface area (Å²) in [5.74, 6) is 1.45. The van der Waals surface area contributed by atoms with E-state index < -0.39 is 11.5 Å². The van der Waals surface area contributed by atoms with E-state index in [9.17, 15) is 14.7 Å². The molecule has 2 aliphatic heterocycles. The molecule has 0 fully saturated rings. The number of anilines is 1. The fourth-order valence-corrected chi connectivity index (χ4v) is 4.40. The summed E-state index contributed by atoms with van der Waals surface area (Å²) in [4.78, 5) is 27.7. The van der Waals surface area contributed by atoms with Gasteiger partial charge in [0, 0.05) is 5.56 Å². The van der Waals surface area contributed by atoms with Gasteiger partial charge in [-0.2, -0.15) is 0 Å². The Balaban J connectivity index is 1.29. The van der Waals surface area contributed by atoms with E-state index >= 15 is 0 Å². The van der Waals surface area contributed by atoms with E-state index in [2.05, 4.69) is 0 Å². The smallest absolute Gasteiger partial charge is 0.264 e. The van der Waals surface area contributed by atoms with Gasteiger partial charge in [-0.05, 0) is 42.0 Å². The number of ketones is 1. The maximum Gasteiger partial charge on any atom is 0.264 e. The van der Waals surface area contributed by atoms with Crippen LogP contribution in [-0.2, 0) is 15.2 Å². The molecule has 0 saturated carbocycles. The third-order valence-corrected chi connectivity index (χ3v) is 6.17. The normalized spacial score (nSPS) is 17.9. The van der Waals surface area contributed by atoms with Gasteiger partial charge in [-0.15, -0.1) is 0 Å². The average molecular weight is 488 g/mol. The van der Waals surface area contributed by atoms with Crippen LogP contribution < -0.4 is 23.8 Å². The Labute approximate surface area is 208 Å². The summed E-state index contributed by atoms with van der Waals surface area (Å²) in [7, 11) is 1.56. The van der Waals surface area contributed by atoms with Gasteiger partial charge in [0.2, 0.25) is 6.79 Å². The number of ether oxygens (including phenoxy) is 4. The minimum absolute atomic E-state index is 0.163. The van der Waals surface area contributed by atoms with Crippen molar-refractivity contribution in [2.45, 2.75) is 12.0 Å². The number of amides is 1. The van der Waals surface area contributed by atoms with Gasteiger partial charge < -0.3 is 29.0 Å². The zero-order chi connectivity index (χ0) is 25.1. The lowest BCUT2D eigenvalue weighted by molar-refractivity contribution is -0.140. The molecular weight excluding hydrogens is 462 g/mol. The second kappa shape index (κ2) is 9.75. The molecule has 3 aromatic rings. The maximum atomic E-state index is 13.4. The Kier molecular flexibility index (Phi) is 6.35. The van der Waals surface area contributed by atoms with E-state index in [1.165, 1.54) is 11.0 Å². The molecule has 0 radical (unpaired) electrons. The van der Waals surface area contributed by atoms with Gasteiger partial charge >= 0.3 is 0 Å². The van der Waals surface area contributed by atoms with Crippen molar-refractivity contribution in [3.63, 3.8) is 0 Å². The molecule has 0 bridgehead atoms. The van der Waals surface area contributed by atoms with E-state index in [0.29, 0.717) is 34.2 Å². The van der Waals surface area contributed by atoms with Crippen LogP contribution in [0.2, 0.25) is 0 Å². The fraction of sp³-hybridized carbons (Fsp3) is 0.214. The molecule has 0 aromatic heterocycles. The molecule has 3 aromatic carbocycles. The number of benzene rings is 3. The summed E-state index contributed by atoms with van der Waals surface area (Å²) in [5, 5.41) is 11.4. The predicted octanol–water partition coefficient (Wildman–Crippen LogP) is 3.71. The zero-order valence-electron chi connectivity index (χ0n) is 19.7. The van der Waals surface area contributed by atoms with Gasteiger partial charge in [-0.3, -0.25) is 9.59 Å². The number of carbonyl (C=O) groups is 2. The Bertz CT molecular complexity index is 1330. The van der Waals surface area contributed by atoms with Gasteiger partial charge in [0.05, 0.1) is 25.8 Å². The number of hydrogen-bond donors (Lipinski definition) is 1. The SMILES string of the molecule is COc1ccccc1OCCN1C(=O)[C@@](O)(CC(=O)/C=C/c2ccc3c(c2)OCO3)c2ccccc21. The first-order chi connectivity index (χ1) is 17.5. The van der Waals surface area contributed by atoms with Gasteiger partial charge in [0.25, 0.3) is 5.91 Å². The summed E-state index contributed by atoms with van der Waals surface area (Å²) in [6.45, 7) is 0.530. The van der Waals surface area contributed by atoms with E-state index in [4.69, 9.17) is 18.9 Å². The molecule has 1 N–H and O–H groups in total. The number of nitrogens with zero attached hydrogens (tertiary/aromatic N) is 1. The van der Waals surface area contributed by atoms with Gasteiger partial charge in [0.1, 0.15) is 6.61 Å². The second-order valence-electron chi connectivity index (χ2n) is 8.42. The first kappa shape index (κ1) is 23.4. The maximum absolute atomic E-state index is 13.4. The summed E-state index contributed by atoms with van der Waals surface area (Å²) in [5.41, 5.74) is -0.261. The summed E-state index contributed by atoms with van der Waals surface area (Å²) >= 11 is 0. The van der Waals surface area contributed by atoms with Crippen molar-refractivity contribution in [2.75, 3.05) is 32.0 Å². The topological polar surface area (TPSA) is 94.5 Å². The molecule has 2 aliphatic rings. The van der Waals surface area contributed by atoms with Gasteiger partial charge in [0.15, 0.2) is 34.4 Å². The highest BCUT2D eigenvalue weighted by Gasteiger charge is 2.50. The van der Waals surface area contributed by atoms with Gasteiger partial charge in [-0.25, -0.2) is 0 Å². The van der Waals surface area contributed by atoms with E-state index in [1.807, 2.05) is 12.1 Å². The predicted molar refractivity (Wildman–Crippen MR) is 132 cm³/mol. The van der Waals surface area contributed by atoms with Crippen LogP contribution in [0.3, 0.4) is 0 Å². The fourth-order valence-electron chi connectivity index (χ4n) is 4.40. The largest absolute Gasteiger partial charge is 0.493 e. The van der Waals surface area contributed by atoms with Crippen molar-refractivity contribution in [1.29, 1.82) is 0 Å². The number of methoxy groups -OCH3 is 1. The van der Waals surface area contributed by atoms with Crippen LogP contribution in [0.1, 0.15) is 17.5 Å². The lowest BCUT2D eigenvalue weighted by Gasteiger charge is -2.22. The minimum Gasteiger partial charge on any atom is -0.493 e. The Morgan fingerprint density at radius 3 is 2.64 bits per heavy atom. The van der Waals surface area contributed by atoms with Crippen molar-refractivity contribution in [1.82, 2.24) is 0 Å². The minimum atomic E-state index is -1.96. The number of hydrogen-bond acceptors (Lipinski definition) is 7. The van der Waals surface area contributed by atoms with Crippen molar-refractivity contribution in [2.24, 2.45) is 0 Å². The second-order valence-corrected chi connectivity index (χ2v) is 8.42. The van der Waals surface area contributed by atoms with Gasteiger partial charge in [-0.1, -0.05) is 42.5 Å². The lowest BCUT2D eigenvalue weighted by atomic mass is 9.89. The summed E-state index contributed by atoms with van der Waals surface area (Å²) in [6, 6.07) is 19.5. The van der Waals surface area contributed by atoms with E-state index in [1.54, 1.807) is 67.8 Å². The molecule has 8 nitrogen and oxygen atoms in total. The molecule has 8 heteroatoms. The first-order valence-electron chi connectivity index (χ1n) is 11.5. The number of rotatable bonds is 9. The molecule has 0 saturated heterocycles. The molecule has 1 amide bonds. The quantitative estimate of drug-likeness (QED) is 0.460. The highest BCUT2D eigenvalue weighted by molar-refractivity contribution is 6.10. The van der Waals surface area contributed by atoms with Crippen LogP contribution in [0, 0.1) is 0 Å². The highest BCUT2D eigenvalue weighted by atomic mass is 16.7. The van der Waals surface area contributed by atoms with Crippen molar-refractivity contribution in [3.05, 3.63) is 83.9 Å². The third-order valence-electron chi connectivity index (χ3n) is 6.17. The molecule has 0 aliphatic carbocycles. The highest BCUT2D eigenvalue weighted by Crippen LogP contribution is 2.42. The molecule has 1 atom stereocenters. The Hall–Kier alpha value is -4.30. The van der Waals surface area contributed by atoms with Crippen LogP contribution in [0.15, 0.2) is 72.8 Å². The third kappa shape index (κ3) is 4.38. The van der Waals surface area contributed by atoms with E-state index in [-0.39, 0.29) is 32.1 Å². The molecule has 5 rings (SSSR count). The summed E-state index contributed by atoms with van der Waals surface area (Å²) < 4.78 is 21.8. The monoisotopic (exact) mass is 487 g/mol. The zero-order valence-corrected chi connectivity index (χ0v) is 19.7. The number of carbonyl (C=O) groups excluding carboxylic acids is 2. The Morgan fingerprint density at radius 1 is 1.06 bits per heavy atom. The van der Waals surface area contributed by atoms with Crippen molar-refractivity contribution >= 4 is 23.5 Å². The molecular formula is C28H25NO7. The number of para-hydroxylation sites is 3. The average Bonchev–Trinajstić information content (AvgIpc) is 3.45. The molecule has 36 heavy (non-hydrogen) atoms. The number of allylic oxidation sites excluding steroid dienone is 1. The van der Waals surface area contributed by atoms with E-state index in [0.717, 1.165) is 5.56 Å². The molecule has 0 unspecified atom stereocenters. The lowest BCUT2D eigenvalue weighted by Crippen LogP contribution is -2.43. The number of fused-ring (bicyclic) bond motifs is 2. The van der Waals surface area contributed by atoms with Crippen LogP contribution in [0.5, 0.6) is 23.0 Å². The van der Waals surface area contributed by atoms with Crippen LogP contribution in [0.25, 0.3) is 6.08 Å². The van der Waals surface area contributed by atoms with Crippen molar-refractivity contribution < 1.29 is 33.6 Å². The van der Waals surface area contributed by atoms with Crippen LogP contribution in [-0.4, -0.2) is 43.9 Å². The van der Waals surface area contributed by atoms with Crippen LogP contribution in [0.4, 0.5) is 5.69 Å². The molecule has 184 valence electrons. The Morgan fingerprint density at radius 2 is 1.81 bits per heavy atom. The first-order valence-corrected chi connectivity index (χ1v) is 11.5. The number of aliphatic hydroxyl groups is 1.